The zero-order valence-corrected chi connectivity index (χ0v) is 14.1. The third-order valence-electron chi connectivity index (χ3n) is 4.27. The van der Waals surface area contributed by atoms with Crippen molar-refractivity contribution in [1.82, 2.24) is 0 Å². The number of ether oxygens (including phenoxy) is 5. The van der Waals surface area contributed by atoms with Crippen LogP contribution in [0.2, 0.25) is 0 Å². The lowest BCUT2D eigenvalue weighted by Crippen LogP contribution is -2.66. The van der Waals surface area contributed by atoms with E-state index in [1.807, 2.05) is 6.08 Å². The Labute approximate surface area is 133 Å². The number of methoxy groups -OCH3 is 4. The molecule has 1 saturated heterocycles. The van der Waals surface area contributed by atoms with Gasteiger partial charge in [-0.1, -0.05) is 6.08 Å². The fourth-order valence-corrected chi connectivity index (χ4v) is 3.39. The molecule has 0 saturated carbocycles. The fourth-order valence-electron chi connectivity index (χ4n) is 3.39. The molecule has 6 heteroatoms. The predicted molar refractivity (Wildman–Crippen MR) is 83.0 cm³/mol. The van der Waals surface area contributed by atoms with Gasteiger partial charge in [0.1, 0.15) is 30.0 Å². The predicted octanol–water partition coefficient (Wildman–Crippen LogP) is 1.16. The first-order valence-corrected chi connectivity index (χ1v) is 7.61. The molecule has 0 radical (unpaired) electrons. The van der Waals surface area contributed by atoms with E-state index in [2.05, 4.69) is 6.58 Å². The Morgan fingerprint density at radius 3 is 2.27 bits per heavy atom. The van der Waals surface area contributed by atoms with Crippen LogP contribution in [-0.4, -0.2) is 76.8 Å². The molecule has 130 valence electrons. The van der Waals surface area contributed by atoms with E-state index in [1.165, 1.54) is 0 Å². The largest absolute Gasteiger partial charge is 0.396 e. The molecule has 0 bridgehead atoms. The van der Waals surface area contributed by atoms with Crippen molar-refractivity contribution in [2.45, 2.75) is 49.3 Å². The number of aliphatic hydroxyl groups is 1. The second-order valence-corrected chi connectivity index (χ2v) is 5.55. The van der Waals surface area contributed by atoms with Crippen LogP contribution in [0.25, 0.3) is 0 Å². The standard InChI is InChI=1S/C16H30O6/c1-6-8-16(9-7-10-17)15(21-5)14(20-4)13(19-3)12(22-16)11-18-2/h6,12-15,17H,1,7-11H2,2-5H3/t12-,13-,14+,15+,16-/m1/s1. The SMILES string of the molecule is C=CC[C@]1(CCCO)O[C@H](COC)[C@@H](OC)[C@H](OC)[C@@H]1OC. The van der Waals surface area contributed by atoms with Crippen molar-refractivity contribution < 1.29 is 28.8 Å². The number of hydrogen-bond donors (Lipinski definition) is 1. The molecule has 0 aromatic carbocycles. The number of hydrogen-bond acceptors (Lipinski definition) is 6. The molecule has 1 fully saturated rings. The van der Waals surface area contributed by atoms with E-state index in [0.717, 1.165) is 0 Å². The van der Waals surface area contributed by atoms with E-state index in [4.69, 9.17) is 23.7 Å². The van der Waals surface area contributed by atoms with Crippen LogP contribution in [0.5, 0.6) is 0 Å². The summed E-state index contributed by atoms with van der Waals surface area (Å²) in [7, 11) is 6.54. The minimum absolute atomic E-state index is 0.0962. The molecule has 0 amide bonds. The highest BCUT2D eigenvalue weighted by Gasteiger charge is 2.54. The average Bonchev–Trinajstić information content (AvgIpc) is 2.52. The summed E-state index contributed by atoms with van der Waals surface area (Å²) in [5.74, 6) is 0. The Bertz CT molecular complexity index is 324. The minimum atomic E-state index is -0.613. The summed E-state index contributed by atoms with van der Waals surface area (Å²) >= 11 is 0. The first-order chi connectivity index (χ1) is 10.6. The summed E-state index contributed by atoms with van der Waals surface area (Å²) in [4.78, 5) is 0. The Morgan fingerprint density at radius 1 is 1.14 bits per heavy atom. The molecule has 0 unspecified atom stereocenters. The average molecular weight is 318 g/mol. The molecule has 22 heavy (non-hydrogen) atoms. The lowest BCUT2D eigenvalue weighted by atomic mass is 9.79. The molecule has 0 spiro atoms. The van der Waals surface area contributed by atoms with Gasteiger partial charge in [0.05, 0.1) is 6.61 Å². The highest BCUT2D eigenvalue weighted by Crippen LogP contribution is 2.40. The maximum atomic E-state index is 9.23. The van der Waals surface area contributed by atoms with Crippen molar-refractivity contribution in [2.75, 3.05) is 41.7 Å². The quantitative estimate of drug-likeness (QED) is 0.610. The maximum Gasteiger partial charge on any atom is 0.115 e. The van der Waals surface area contributed by atoms with Crippen LogP contribution in [-0.2, 0) is 23.7 Å². The van der Waals surface area contributed by atoms with Crippen LogP contribution in [0.3, 0.4) is 0 Å². The van der Waals surface area contributed by atoms with Gasteiger partial charge in [-0.05, 0) is 19.3 Å². The molecule has 0 aromatic heterocycles. The van der Waals surface area contributed by atoms with Crippen LogP contribution in [0, 0.1) is 0 Å². The highest BCUT2D eigenvalue weighted by atomic mass is 16.6. The van der Waals surface area contributed by atoms with E-state index >= 15 is 0 Å². The van der Waals surface area contributed by atoms with Gasteiger partial charge in [0.15, 0.2) is 0 Å². The van der Waals surface area contributed by atoms with Gasteiger partial charge in [0, 0.05) is 35.0 Å². The van der Waals surface area contributed by atoms with Gasteiger partial charge in [0.25, 0.3) is 0 Å². The summed E-state index contributed by atoms with van der Waals surface area (Å²) in [5, 5.41) is 9.23. The molecule has 0 aromatic rings. The van der Waals surface area contributed by atoms with Crippen molar-refractivity contribution in [1.29, 1.82) is 0 Å². The van der Waals surface area contributed by atoms with Gasteiger partial charge in [-0.25, -0.2) is 0 Å². The van der Waals surface area contributed by atoms with Gasteiger partial charge < -0.3 is 28.8 Å². The highest BCUT2D eigenvalue weighted by molar-refractivity contribution is 5.06. The van der Waals surface area contributed by atoms with Gasteiger partial charge in [-0.15, -0.1) is 6.58 Å². The Morgan fingerprint density at radius 2 is 1.82 bits per heavy atom. The fraction of sp³-hybridized carbons (Fsp3) is 0.875. The second kappa shape index (κ2) is 9.60. The van der Waals surface area contributed by atoms with E-state index in [1.54, 1.807) is 28.4 Å². The molecule has 1 heterocycles. The van der Waals surface area contributed by atoms with E-state index < -0.39 is 5.60 Å². The third-order valence-corrected chi connectivity index (χ3v) is 4.27. The lowest BCUT2D eigenvalue weighted by molar-refractivity contribution is -0.291. The monoisotopic (exact) mass is 318 g/mol. The Hall–Kier alpha value is -0.500. The lowest BCUT2D eigenvalue weighted by Gasteiger charge is -2.52. The van der Waals surface area contributed by atoms with Crippen LogP contribution in [0.15, 0.2) is 12.7 Å². The van der Waals surface area contributed by atoms with Crippen LogP contribution >= 0.6 is 0 Å². The minimum Gasteiger partial charge on any atom is -0.396 e. The summed E-state index contributed by atoms with van der Waals surface area (Å²) in [6, 6.07) is 0. The van der Waals surface area contributed by atoms with Crippen LogP contribution in [0.1, 0.15) is 19.3 Å². The number of rotatable bonds is 10. The maximum absolute atomic E-state index is 9.23. The van der Waals surface area contributed by atoms with Gasteiger partial charge in [-0.3, -0.25) is 0 Å². The van der Waals surface area contributed by atoms with Gasteiger partial charge in [0.2, 0.25) is 0 Å². The summed E-state index contributed by atoms with van der Waals surface area (Å²) in [6.45, 7) is 4.33. The second-order valence-electron chi connectivity index (χ2n) is 5.55. The zero-order chi connectivity index (χ0) is 16.6. The number of aliphatic hydroxyl groups excluding tert-OH is 1. The van der Waals surface area contributed by atoms with Crippen molar-refractivity contribution in [3.05, 3.63) is 12.7 Å². The smallest absolute Gasteiger partial charge is 0.115 e. The molecular formula is C16H30O6. The van der Waals surface area contributed by atoms with Gasteiger partial charge in [-0.2, -0.15) is 0 Å². The summed E-state index contributed by atoms with van der Waals surface area (Å²) < 4.78 is 28.6. The van der Waals surface area contributed by atoms with Crippen molar-refractivity contribution in [2.24, 2.45) is 0 Å². The summed E-state index contributed by atoms with van der Waals surface area (Å²) in [6.07, 6.45) is 2.50. The van der Waals surface area contributed by atoms with Crippen molar-refractivity contribution in [3.8, 4) is 0 Å². The molecule has 1 rings (SSSR count). The van der Waals surface area contributed by atoms with Gasteiger partial charge >= 0.3 is 0 Å². The first-order valence-electron chi connectivity index (χ1n) is 7.61. The Balaban J connectivity index is 3.16. The topological polar surface area (TPSA) is 66.4 Å². The molecule has 1 aliphatic heterocycles. The molecule has 1 N–H and O–H groups in total. The molecule has 1 aliphatic rings. The Kier molecular flexibility index (Phi) is 8.53. The van der Waals surface area contributed by atoms with E-state index in [-0.39, 0.29) is 31.0 Å². The summed E-state index contributed by atoms with van der Waals surface area (Å²) in [5.41, 5.74) is -0.613. The van der Waals surface area contributed by atoms with Crippen molar-refractivity contribution >= 4 is 0 Å². The van der Waals surface area contributed by atoms with Crippen LogP contribution < -0.4 is 0 Å². The first kappa shape index (κ1) is 19.5. The molecule has 6 nitrogen and oxygen atoms in total. The van der Waals surface area contributed by atoms with E-state index in [0.29, 0.717) is 25.9 Å². The van der Waals surface area contributed by atoms with E-state index in [9.17, 15) is 5.11 Å². The molecule has 5 atom stereocenters. The molecule has 0 aliphatic carbocycles. The molecular weight excluding hydrogens is 288 g/mol. The van der Waals surface area contributed by atoms with Crippen molar-refractivity contribution in [3.63, 3.8) is 0 Å². The zero-order valence-electron chi connectivity index (χ0n) is 14.1. The normalized spacial score (nSPS) is 35.5. The third kappa shape index (κ3) is 4.07. The van der Waals surface area contributed by atoms with Crippen LogP contribution in [0.4, 0.5) is 0 Å².